The Morgan fingerprint density at radius 2 is 1.68 bits per heavy atom. The first kappa shape index (κ1) is 30.6. The van der Waals surface area contributed by atoms with Crippen LogP contribution >= 0.6 is 11.6 Å². The molecule has 6 nitrogen and oxygen atoms in total. The van der Waals surface area contributed by atoms with Crippen molar-refractivity contribution in [3.05, 3.63) is 58.1 Å². The second kappa shape index (κ2) is 9.93. The number of nitrogens with one attached hydrogen (secondary N) is 1. The van der Waals surface area contributed by atoms with Crippen molar-refractivity contribution in [1.82, 2.24) is 5.32 Å². The first-order valence-corrected chi connectivity index (χ1v) is 12.8. The first-order valence-electron chi connectivity index (χ1n) is 10.4. The molecule has 0 aliphatic heterocycles. The van der Waals surface area contributed by atoms with E-state index in [0.717, 1.165) is 19.3 Å². The SMILES string of the molecule is Cc1cc(C(F)(C(F)(F)F)C(F)(F)F)ccc1[C@@]1(C(N)=O)C=CC=C(Cl)C1C(=O)NC(C)CS(C)(=O)=O. The number of carbonyl (C=O) groups is 2. The number of hydrogen-bond donors (Lipinski definition) is 2. The average Bonchev–Trinajstić information content (AvgIpc) is 2.69. The topological polar surface area (TPSA) is 106 Å². The minimum absolute atomic E-state index is 0.204. The third kappa shape index (κ3) is 5.64. The molecular formula is C22H22ClF7N2O4S. The molecule has 0 bridgehead atoms. The zero-order valence-electron chi connectivity index (χ0n) is 19.5. The fraction of sp³-hybridized carbons (Fsp3) is 0.455. The second-order valence-electron chi connectivity index (χ2n) is 8.76. The van der Waals surface area contributed by atoms with Crippen molar-refractivity contribution in [2.45, 2.75) is 43.3 Å². The molecule has 0 fully saturated rings. The summed E-state index contributed by atoms with van der Waals surface area (Å²) in [5, 5.41) is 2.09. The molecule has 37 heavy (non-hydrogen) atoms. The lowest BCUT2D eigenvalue weighted by atomic mass is 9.65. The molecule has 0 saturated carbocycles. The Labute approximate surface area is 212 Å². The molecule has 0 aromatic heterocycles. The van der Waals surface area contributed by atoms with Gasteiger partial charge in [-0.1, -0.05) is 42.0 Å². The molecule has 3 atom stereocenters. The Morgan fingerprint density at radius 1 is 1.14 bits per heavy atom. The number of alkyl halides is 7. The van der Waals surface area contributed by atoms with E-state index in [1.54, 1.807) is 0 Å². The van der Waals surface area contributed by atoms with Gasteiger partial charge < -0.3 is 11.1 Å². The third-order valence-corrected chi connectivity index (χ3v) is 7.26. The lowest BCUT2D eigenvalue weighted by Gasteiger charge is -2.39. The van der Waals surface area contributed by atoms with E-state index in [4.69, 9.17) is 17.3 Å². The molecule has 1 aliphatic rings. The third-order valence-electron chi connectivity index (χ3n) is 5.81. The smallest absolute Gasteiger partial charge is 0.369 e. The number of primary amides is 1. The van der Waals surface area contributed by atoms with Crippen molar-refractivity contribution in [3.8, 4) is 0 Å². The summed E-state index contributed by atoms with van der Waals surface area (Å²) < 4.78 is 117. The number of allylic oxidation sites excluding steroid dienone is 2. The number of rotatable bonds is 7. The Hall–Kier alpha value is -2.61. The highest BCUT2D eigenvalue weighted by atomic mass is 35.5. The number of halogens is 8. The van der Waals surface area contributed by atoms with E-state index >= 15 is 0 Å². The minimum Gasteiger partial charge on any atom is -0.369 e. The largest absolute Gasteiger partial charge is 0.435 e. The van der Waals surface area contributed by atoms with Crippen molar-refractivity contribution < 1.29 is 48.7 Å². The van der Waals surface area contributed by atoms with E-state index in [9.17, 15) is 48.7 Å². The highest BCUT2D eigenvalue weighted by Crippen LogP contribution is 2.54. The molecule has 2 unspecified atom stereocenters. The molecule has 1 aromatic carbocycles. The van der Waals surface area contributed by atoms with Crippen molar-refractivity contribution in [2.75, 3.05) is 12.0 Å². The molecule has 1 aliphatic carbocycles. The maximum absolute atomic E-state index is 14.6. The summed E-state index contributed by atoms with van der Waals surface area (Å²) in [6.07, 6.45) is -8.32. The maximum atomic E-state index is 14.6. The molecule has 2 rings (SSSR count). The van der Waals surface area contributed by atoms with Gasteiger partial charge in [-0.15, -0.1) is 0 Å². The molecule has 0 radical (unpaired) electrons. The van der Waals surface area contributed by atoms with Gasteiger partial charge in [-0.25, -0.2) is 12.8 Å². The molecular weight excluding hydrogens is 557 g/mol. The van der Waals surface area contributed by atoms with E-state index < -0.39 is 73.9 Å². The molecule has 3 N–H and O–H groups in total. The standard InChI is InChI=1S/C22H22ClF7N2O4S/c1-11-9-13(20(24,21(25,26)27)22(28,29)30)6-7-14(11)19(18(31)34)8-4-5-15(23)16(19)17(33)32-12(2)10-37(3,35)36/h4-9,12,16H,10H2,1-3H3,(H2,31,34)(H,32,33)/t12?,16?,19-/m0/s1. The van der Waals surface area contributed by atoms with Gasteiger partial charge in [0.1, 0.15) is 15.3 Å². The van der Waals surface area contributed by atoms with Crippen LogP contribution in [0.5, 0.6) is 0 Å². The number of nitrogens with two attached hydrogens (primary N) is 1. The van der Waals surface area contributed by atoms with Crippen molar-refractivity contribution in [3.63, 3.8) is 0 Å². The van der Waals surface area contributed by atoms with Gasteiger partial charge in [-0.3, -0.25) is 9.59 Å². The van der Waals surface area contributed by atoms with Crippen LogP contribution in [0, 0.1) is 12.8 Å². The van der Waals surface area contributed by atoms with E-state index in [0.29, 0.717) is 6.07 Å². The summed E-state index contributed by atoms with van der Waals surface area (Å²) in [5.41, 5.74) is -4.87. The van der Waals surface area contributed by atoms with Crippen molar-refractivity contribution in [1.29, 1.82) is 0 Å². The van der Waals surface area contributed by atoms with Gasteiger partial charge in [0.25, 0.3) is 0 Å². The van der Waals surface area contributed by atoms with Gasteiger partial charge in [-0.2, -0.15) is 26.3 Å². The predicted molar refractivity (Wildman–Crippen MR) is 121 cm³/mol. The van der Waals surface area contributed by atoms with Crippen LogP contribution in [0.4, 0.5) is 30.7 Å². The number of hydrogen-bond acceptors (Lipinski definition) is 4. The van der Waals surface area contributed by atoms with E-state index in [1.807, 2.05) is 0 Å². The Balaban J connectivity index is 2.71. The quantitative estimate of drug-likeness (QED) is 0.479. The van der Waals surface area contributed by atoms with Crippen LogP contribution in [0.1, 0.15) is 23.6 Å². The Morgan fingerprint density at radius 3 is 2.11 bits per heavy atom. The minimum atomic E-state index is -6.37. The van der Waals surface area contributed by atoms with E-state index in [1.165, 1.54) is 19.1 Å². The van der Waals surface area contributed by atoms with Gasteiger partial charge in [0, 0.05) is 22.9 Å². The lowest BCUT2D eigenvalue weighted by Crippen LogP contribution is -2.54. The summed E-state index contributed by atoms with van der Waals surface area (Å²) >= 11 is 6.21. The van der Waals surface area contributed by atoms with Crippen LogP contribution in [-0.4, -0.2) is 50.6 Å². The number of sulfone groups is 1. The van der Waals surface area contributed by atoms with Gasteiger partial charge in [0.2, 0.25) is 11.8 Å². The van der Waals surface area contributed by atoms with Crippen molar-refractivity contribution >= 4 is 33.3 Å². The molecule has 0 heterocycles. The Kier molecular flexibility index (Phi) is 8.22. The van der Waals surface area contributed by atoms with Crippen LogP contribution in [0.2, 0.25) is 0 Å². The van der Waals surface area contributed by atoms with Crippen molar-refractivity contribution in [2.24, 2.45) is 11.7 Å². The van der Waals surface area contributed by atoms with Gasteiger partial charge in [0.05, 0.1) is 11.7 Å². The van der Waals surface area contributed by atoms with Crippen LogP contribution in [0.3, 0.4) is 0 Å². The summed E-state index contributed by atoms with van der Waals surface area (Å²) in [6.45, 7) is 2.36. The van der Waals surface area contributed by atoms with Crippen LogP contribution in [0.25, 0.3) is 0 Å². The fourth-order valence-electron chi connectivity index (χ4n) is 4.29. The summed E-state index contributed by atoms with van der Waals surface area (Å²) in [7, 11) is -3.55. The molecule has 1 aromatic rings. The number of aryl methyl sites for hydroxylation is 1. The highest BCUT2D eigenvalue weighted by Gasteiger charge is 2.73. The fourth-order valence-corrected chi connectivity index (χ4v) is 5.62. The van der Waals surface area contributed by atoms with E-state index in [-0.39, 0.29) is 22.7 Å². The summed E-state index contributed by atoms with van der Waals surface area (Å²) in [4.78, 5) is 25.9. The normalized spacial score (nSPS) is 21.8. The summed E-state index contributed by atoms with van der Waals surface area (Å²) in [5.74, 6) is -4.41. The van der Waals surface area contributed by atoms with Crippen LogP contribution in [0.15, 0.2) is 41.5 Å². The molecule has 2 amide bonds. The second-order valence-corrected chi connectivity index (χ2v) is 11.4. The monoisotopic (exact) mass is 578 g/mol. The molecule has 0 saturated heterocycles. The number of carbonyl (C=O) groups excluding carboxylic acids is 2. The predicted octanol–water partition coefficient (Wildman–Crippen LogP) is 3.87. The molecule has 15 heteroatoms. The van der Waals surface area contributed by atoms with E-state index in [2.05, 4.69) is 5.32 Å². The number of benzene rings is 1. The van der Waals surface area contributed by atoms with Gasteiger partial charge in [-0.05, 0) is 31.1 Å². The zero-order chi connectivity index (χ0) is 28.8. The lowest BCUT2D eigenvalue weighted by molar-refractivity contribution is -0.348. The van der Waals surface area contributed by atoms with Gasteiger partial charge >= 0.3 is 18.0 Å². The maximum Gasteiger partial charge on any atom is 0.435 e. The van der Waals surface area contributed by atoms with Gasteiger partial charge in [0.15, 0.2) is 0 Å². The Bertz CT molecular complexity index is 1240. The summed E-state index contributed by atoms with van der Waals surface area (Å²) in [6, 6.07) is 0.136. The van der Waals surface area contributed by atoms with Crippen LogP contribution < -0.4 is 11.1 Å². The highest BCUT2D eigenvalue weighted by molar-refractivity contribution is 7.90. The zero-order valence-corrected chi connectivity index (χ0v) is 21.0. The molecule has 0 spiro atoms. The molecule has 206 valence electrons. The number of amides is 2. The average molecular weight is 579 g/mol. The first-order chi connectivity index (χ1) is 16.6. The van der Waals surface area contributed by atoms with Crippen LogP contribution in [-0.2, 0) is 30.5 Å².